The average Bonchev–Trinajstić information content (AvgIpc) is 2.74. The lowest BCUT2D eigenvalue weighted by atomic mass is 10.0. The quantitative estimate of drug-likeness (QED) is 0.185. The highest BCUT2D eigenvalue weighted by molar-refractivity contribution is 7.80. The molecule has 3 amide bonds. The molecule has 0 aliphatic heterocycles. The fraction of sp³-hybridized carbons (Fsp3) is 0.545. The van der Waals surface area contributed by atoms with Crippen LogP contribution < -0.4 is 21.7 Å². The number of amides is 3. The highest BCUT2D eigenvalue weighted by Crippen LogP contribution is 2.08. The SMILES string of the molecule is CC(C)CC(NC(=O)C(CS)NC(=O)C(N)Cc1ccccc1)C(=O)NC(C(=O)O)C(C)O. The van der Waals surface area contributed by atoms with Crippen LogP contribution in [0.1, 0.15) is 32.8 Å². The van der Waals surface area contributed by atoms with Gasteiger partial charge in [0.05, 0.1) is 12.1 Å². The summed E-state index contributed by atoms with van der Waals surface area (Å²) in [5, 5.41) is 26.1. The molecule has 0 spiro atoms. The highest BCUT2D eigenvalue weighted by atomic mass is 32.1. The van der Waals surface area contributed by atoms with Crippen LogP contribution in [0.5, 0.6) is 0 Å². The third kappa shape index (κ3) is 9.80. The number of benzene rings is 1. The maximum absolute atomic E-state index is 12.8. The van der Waals surface area contributed by atoms with Gasteiger partial charge in [-0.1, -0.05) is 44.2 Å². The van der Waals surface area contributed by atoms with Crippen molar-refractivity contribution in [2.45, 2.75) is 63.9 Å². The number of carbonyl (C=O) groups is 4. The van der Waals surface area contributed by atoms with E-state index in [-0.39, 0.29) is 24.5 Å². The van der Waals surface area contributed by atoms with Gasteiger partial charge < -0.3 is 31.9 Å². The Bertz CT molecular complexity index is 805. The molecule has 0 bridgehead atoms. The molecule has 0 saturated heterocycles. The van der Waals surface area contributed by atoms with Crippen molar-refractivity contribution >= 4 is 36.3 Å². The van der Waals surface area contributed by atoms with Gasteiger partial charge in [-0.25, -0.2) is 4.79 Å². The van der Waals surface area contributed by atoms with E-state index < -0.39 is 54.0 Å². The number of carboxylic acids is 1. The van der Waals surface area contributed by atoms with Gasteiger partial charge in [0.25, 0.3) is 0 Å². The van der Waals surface area contributed by atoms with Crippen molar-refractivity contribution in [3.05, 3.63) is 35.9 Å². The zero-order valence-corrected chi connectivity index (χ0v) is 19.9. The molecule has 184 valence electrons. The summed E-state index contributed by atoms with van der Waals surface area (Å²) in [6.45, 7) is 4.90. The van der Waals surface area contributed by atoms with E-state index in [0.29, 0.717) is 0 Å². The maximum atomic E-state index is 12.8. The number of hydrogen-bond acceptors (Lipinski definition) is 7. The topological polar surface area (TPSA) is 171 Å². The molecular weight excluding hydrogens is 448 g/mol. The lowest BCUT2D eigenvalue weighted by Gasteiger charge is -2.26. The highest BCUT2D eigenvalue weighted by Gasteiger charge is 2.31. The van der Waals surface area contributed by atoms with Crippen LogP contribution >= 0.6 is 12.6 Å². The smallest absolute Gasteiger partial charge is 0.328 e. The Labute approximate surface area is 199 Å². The summed E-state index contributed by atoms with van der Waals surface area (Å²) in [6, 6.07) is 4.63. The Kier molecular flexibility index (Phi) is 11.9. The minimum absolute atomic E-state index is 0.0146. The summed E-state index contributed by atoms with van der Waals surface area (Å²) in [6.07, 6.45) is -0.843. The van der Waals surface area contributed by atoms with E-state index in [1.807, 2.05) is 44.2 Å². The standard InChI is InChI=1S/C22H34N4O6S/c1-12(2)9-16(20(29)26-18(13(3)27)22(31)32)24-21(30)17(11-33)25-19(28)15(23)10-14-7-5-4-6-8-14/h4-8,12-13,15-18,27,33H,9-11,23H2,1-3H3,(H,24,30)(H,25,28)(H,26,29)(H,31,32). The Morgan fingerprint density at radius 2 is 1.48 bits per heavy atom. The van der Waals surface area contributed by atoms with Gasteiger partial charge in [0.2, 0.25) is 17.7 Å². The molecule has 1 rings (SSSR count). The van der Waals surface area contributed by atoms with Crippen LogP contribution in [-0.4, -0.2) is 69.9 Å². The number of aliphatic carboxylic acids is 1. The molecule has 0 fully saturated rings. The van der Waals surface area contributed by atoms with Gasteiger partial charge in [0.15, 0.2) is 6.04 Å². The predicted octanol–water partition coefficient (Wildman–Crippen LogP) is -0.548. The molecule has 0 heterocycles. The number of carbonyl (C=O) groups excluding carboxylic acids is 3. The van der Waals surface area contributed by atoms with E-state index in [4.69, 9.17) is 5.73 Å². The number of rotatable bonds is 13. The van der Waals surface area contributed by atoms with E-state index in [9.17, 15) is 29.4 Å². The second-order valence-corrected chi connectivity index (χ2v) is 8.66. The Balaban J connectivity index is 2.83. The van der Waals surface area contributed by atoms with E-state index in [1.54, 1.807) is 0 Å². The van der Waals surface area contributed by atoms with E-state index in [2.05, 4.69) is 28.6 Å². The molecule has 5 atom stereocenters. The largest absolute Gasteiger partial charge is 0.480 e. The van der Waals surface area contributed by atoms with Crippen molar-refractivity contribution in [3.63, 3.8) is 0 Å². The monoisotopic (exact) mass is 482 g/mol. The van der Waals surface area contributed by atoms with Crippen molar-refractivity contribution < 1.29 is 29.4 Å². The van der Waals surface area contributed by atoms with Gasteiger partial charge in [-0.15, -0.1) is 0 Å². The maximum Gasteiger partial charge on any atom is 0.328 e. The number of hydrogen-bond donors (Lipinski definition) is 7. The molecule has 10 nitrogen and oxygen atoms in total. The van der Waals surface area contributed by atoms with Crippen molar-refractivity contribution in [2.75, 3.05) is 5.75 Å². The van der Waals surface area contributed by atoms with Crippen molar-refractivity contribution in [3.8, 4) is 0 Å². The number of aliphatic hydroxyl groups is 1. The third-order valence-electron chi connectivity index (χ3n) is 4.84. The number of nitrogens with two attached hydrogens (primary N) is 1. The number of carboxylic acid groups (broad SMARTS) is 1. The Hall–Kier alpha value is -2.63. The van der Waals surface area contributed by atoms with Gasteiger partial charge in [-0.3, -0.25) is 14.4 Å². The lowest BCUT2D eigenvalue weighted by molar-refractivity contribution is -0.145. The molecule has 0 aromatic heterocycles. The first-order valence-electron chi connectivity index (χ1n) is 10.7. The van der Waals surface area contributed by atoms with Crippen molar-refractivity contribution in [1.82, 2.24) is 16.0 Å². The van der Waals surface area contributed by atoms with E-state index in [1.165, 1.54) is 6.92 Å². The van der Waals surface area contributed by atoms with Gasteiger partial charge in [-0.2, -0.15) is 12.6 Å². The minimum Gasteiger partial charge on any atom is -0.480 e. The van der Waals surface area contributed by atoms with Crippen molar-refractivity contribution in [2.24, 2.45) is 11.7 Å². The zero-order valence-electron chi connectivity index (χ0n) is 19.0. The zero-order chi connectivity index (χ0) is 25.1. The van der Waals surface area contributed by atoms with Gasteiger partial charge in [0.1, 0.15) is 12.1 Å². The molecule has 11 heteroatoms. The minimum atomic E-state index is -1.53. The average molecular weight is 483 g/mol. The molecule has 7 N–H and O–H groups in total. The fourth-order valence-corrected chi connectivity index (χ4v) is 3.31. The fourth-order valence-electron chi connectivity index (χ4n) is 3.05. The summed E-state index contributed by atoms with van der Waals surface area (Å²) in [7, 11) is 0. The van der Waals surface area contributed by atoms with Crippen LogP contribution in [0.2, 0.25) is 0 Å². The van der Waals surface area contributed by atoms with Crippen LogP contribution in [-0.2, 0) is 25.6 Å². The van der Waals surface area contributed by atoms with Crippen LogP contribution in [0, 0.1) is 5.92 Å². The van der Waals surface area contributed by atoms with E-state index >= 15 is 0 Å². The van der Waals surface area contributed by atoms with Gasteiger partial charge in [-0.05, 0) is 31.2 Å². The molecule has 0 aliphatic rings. The third-order valence-corrected chi connectivity index (χ3v) is 5.20. The van der Waals surface area contributed by atoms with Crippen LogP contribution in [0.3, 0.4) is 0 Å². The molecule has 1 aromatic rings. The van der Waals surface area contributed by atoms with E-state index in [0.717, 1.165) is 5.56 Å². The molecule has 5 unspecified atom stereocenters. The summed E-state index contributed by atoms with van der Waals surface area (Å²) in [4.78, 5) is 49.2. The molecule has 0 aliphatic carbocycles. The molecule has 33 heavy (non-hydrogen) atoms. The number of aliphatic hydroxyl groups excluding tert-OH is 1. The number of thiol groups is 1. The Morgan fingerprint density at radius 3 is 1.97 bits per heavy atom. The normalized spacial score (nSPS) is 15.6. The van der Waals surface area contributed by atoms with Crippen LogP contribution in [0.4, 0.5) is 0 Å². The molecule has 1 aromatic carbocycles. The first-order valence-corrected chi connectivity index (χ1v) is 11.3. The molecule has 0 radical (unpaired) electrons. The second-order valence-electron chi connectivity index (χ2n) is 8.30. The number of nitrogens with one attached hydrogen (secondary N) is 3. The Morgan fingerprint density at radius 1 is 0.939 bits per heavy atom. The van der Waals surface area contributed by atoms with Crippen LogP contribution in [0.15, 0.2) is 30.3 Å². The summed E-state index contributed by atoms with van der Waals surface area (Å²) >= 11 is 4.12. The molecule has 0 saturated carbocycles. The summed E-state index contributed by atoms with van der Waals surface area (Å²) in [5.74, 6) is -3.42. The van der Waals surface area contributed by atoms with Gasteiger partial charge in [0, 0.05) is 5.75 Å². The summed E-state index contributed by atoms with van der Waals surface area (Å²) in [5.41, 5.74) is 6.83. The first kappa shape index (κ1) is 28.4. The first-order chi connectivity index (χ1) is 15.5. The predicted molar refractivity (Wildman–Crippen MR) is 127 cm³/mol. The van der Waals surface area contributed by atoms with Crippen LogP contribution in [0.25, 0.3) is 0 Å². The molecular formula is C22H34N4O6S. The second kappa shape index (κ2) is 13.8. The van der Waals surface area contributed by atoms with Crippen molar-refractivity contribution in [1.29, 1.82) is 0 Å². The van der Waals surface area contributed by atoms with Gasteiger partial charge >= 0.3 is 5.97 Å². The lowest BCUT2D eigenvalue weighted by Crippen LogP contribution is -2.59. The summed E-state index contributed by atoms with van der Waals surface area (Å²) < 4.78 is 0.